The molecule has 1 N–H and O–H groups in total. The van der Waals surface area contributed by atoms with E-state index in [1.807, 2.05) is 6.92 Å². The Hall–Kier alpha value is -3.92. The minimum Gasteiger partial charge on any atom is -0.497 e. The molecular formula is C32H38FN3O5S. The van der Waals surface area contributed by atoms with Crippen molar-refractivity contribution in [1.82, 2.24) is 10.2 Å². The third kappa shape index (κ3) is 7.67. The average Bonchev–Trinajstić information content (AvgIpc) is 2.99. The lowest BCUT2D eigenvalue weighted by Crippen LogP contribution is -2.53. The number of rotatable bonds is 11. The van der Waals surface area contributed by atoms with Crippen molar-refractivity contribution >= 4 is 27.5 Å². The zero-order chi connectivity index (χ0) is 30.3. The standard InChI is InChI=1S/C32H38FN3O5S/c1-23-9-19-30(20-10-23)42(39,40)36(28-15-13-26(33)14-16-28)22-31(37)35(21-25-11-17-29(41-3)18-12-25)24(2)32(38)34-27-7-5-4-6-8-27/h9-20,24,27H,4-8,21-22H2,1-3H3,(H,34,38)/t24-/m0/s1. The molecule has 1 aliphatic rings. The smallest absolute Gasteiger partial charge is 0.264 e. The fourth-order valence-electron chi connectivity index (χ4n) is 5.05. The minimum atomic E-state index is -4.22. The van der Waals surface area contributed by atoms with Crippen molar-refractivity contribution in [1.29, 1.82) is 0 Å². The second-order valence-corrected chi connectivity index (χ2v) is 12.6. The monoisotopic (exact) mass is 595 g/mol. The van der Waals surface area contributed by atoms with Gasteiger partial charge in [-0.3, -0.25) is 13.9 Å². The molecule has 1 aliphatic carbocycles. The van der Waals surface area contributed by atoms with Crippen LogP contribution < -0.4 is 14.4 Å². The summed E-state index contributed by atoms with van der Waals surface area (Å²) in [6, 6.07) is 17.5. The van der Waals surface area contributed by atoms with Gasteiger partial charge < -0.3 is 15.0 Å². The molecule has 1 fully saturated rings. The average molecular weight is 596 g/mol. The predicted octanol–water partition coefficient (Wildman–Crippen LogP) is 5.20. The molecule has 0 bridgehead atoms. The van der Waals surface area contributed by atoms with Gasteiger partial charge in [0.2, 0.25) is 11.8 Å². The molecule has 0 spiro atoms. The molecule has 1 saturated carbocycles. The largest absolute Gasteiger partial charge is 0.497 e. The maximum absolute atomic E-state index is 14.0. The first-order valence-electron chi connectivity index (χ1n) is 14.2. The Balaban J connectivity index is 1.66. The van der Waals surface area contributed by atoms with Crippen LogP contribution in [0, 0.1) is 12.7 Å². The first kappa shape index (κ1) is 31.0. The molecule has 1 atom stereocenters. The minimum absolute atomic E-state index is 0.00461. The maximum Gasteiger partial charge on any atom is 0.264 e. The molecule has 10 heteroatoms. The van der Waals surface area contributed by atoms with Crippen LogP contribution in [-0.4, -0.2) is 50.9 Å². The van der Waals surface area contributed by atoms with Crippen LogP contribution >= 0.6 is 0 Å². The van der Waals surface area contributed by atoms with E-state index in [1.165, 1.54) is 29.2 Å². The molecule has 4 rings (SSSR count). The van der Waals surface area contributed by atoms with Crippen molar-refractivity contribution in [3.63, 3.8) is 0 Å². The highest BCUT2D eigenvalue weighted by molar-refractivity contribution is 7.92. The number of carbonyl (C=O) groups excluding carboxylic acids is 2. The number of nitrogens with zero attached hydrogens (tertiary/aromatic N) is 2. The van der Waals surface area contributed by atoms with Crippen LogP contribution in [0.1, 0.15) is 50.2 Å². The van der Waals surface area contributed by atoms with Gasteiger partial charge in [0, 0.05) is 12.6 Å². The number of benzene rings is 3. The molecule has 0 saturated heterocycles. The van der Waals surface area contributed by atoms with E-state index in [0.717, 1.165) is 59.7 Å². The molecule has 42 heavy (non-hydrogen) atoms. The van der Waals surface area contributed by atoms with Gasteiger partial charge in [0.05, 0.1) is 17.7 Å². The van der Waals surface area contributed by atoms with Gasteiger partial charge in [-0.25, -0.2) is 12.8 Å². The normalized spacial score (nSPS) is 14.6. The van der Waals surface area contributed by atoms with Crippen LogP contribution in [0.25, 0.3) is 0 Å². The van der Waals surface area contributed by atoms with E-state index in [0.29, 0.717) is 5.75 Å². The number of hydrogen-bond donors (Lipinski definition) is 1. The molecule has 2 amide bonds. The Morgan fingerprint density at radius 1 is 0.952 bits per heavy atom. The van der Waals surface area contributed by atoms with Crippen LogP contribution in [0.3, 0.4) is 0 Å². The first-order valence-corrected chi connectivity index (χ1v) is 15.6. The zero-order valence-electron chi connectivity index (χ0n) is 24.3. The van der Waals surface area contributed by atoms with Crippen LogP contribution in [-0.2, 0) is 26.2 Å². The van der Waals surface area contributed by atoms with Gasteiger partial charge in [0.25, 0.3) is 10.0 Å². The van der Waals surface area contributed by atoms with E-state index in [1.54, 1.807) is 50.4 Å². The summed E-state index contributed by atoms with van der Waals surface area (Å²) < 4.78 is 47.7. The number of sulfonamides is 1. The molecule has 0 aromatic heterocycles. The van der Waals surface area contributed by atoms with Gasteiger partial charge in [-0.2, -0.15) is 0 Å². The van der Waals surface area contributed by atoms with E-state index in [4.69, 9.17) is 4.74 Å². The van der Waals surface area contributed by atoms with E-state index in [2.05, 4.69) is 5.32 Å². The fraction of sp³-hybridized carbons (Fsp3) is 0.375. The summed E-state index contributed by atoms with van der Waals surface area (Å²) in [7, 11) is -2.66. The summed E-state index contributed by atoms with van der Waals surface area (Å²) in [4.78, 5) is 28.8. The van der Waals surface area contributed by atoms with Crippen molar-refractivity contribution in [3.8, 4) is 5.75 Å². The summed E-state index contributed by atoms with van der Waals surface area (Å²) in [5, 5.41) is 3.08. The van der Waals surface area contributed by atoms with Crippen molar-refractivity contribution in [2.24, 2.45) is 0 Å². The number of methoxy groups -OCH3 is 1. The van der Waals surface area contributed by atoms with Gasteiger partial charge in [0.1, 0.15) is 24.2 Å². The highest BCUT2D eigenvalue weighted by atomic mass is 32.2. The van der Waals surface area contributed by atoms with E-state index >= 15 is 0 Å². The summed E-state index contributed by atoms with van der Waals surface area (Å²) in [6.45, 7) is 2.98. The van der Waals surface area contributed by atoms with E-state index < -0.39 is 34.3 Å². The van der Waals surface area contributed by atoms with Crippen LogP contribution in [0.2, 0.25) is 0 Å². The van der Waals surface area contributed by atoms with Gasteiger partial charge in [0.15, 0.2) is 0 Å². The number of nitrogens with one attached hydrogen (secondary N) is 1. The quantitative estimate of drug-likeness (QED) is 0.329. The predicted molar refractivity (Wildman–Crippen MR) is 160 cm³/mol. The summed E-state index contributed by atoms with van der Waals surface area (Å²) in [6.07, 6.45) is 4.99. The van der Waals surface area contributed by atoms with Gasteiger partial charge in [-0.1, -0.05) is 49.1 Å². The number of anilines is 1. The van der Waals surface area contributed by atoms with Gasteiger partial charge in [-0.05, 0) is 80.8 Å². The fourth-order valence-corrected chi connectivity index (χ4v) is 6.47. The molecular weight excluding hydrogens is 557 g/mol. The summed E-state index contributed by atoms with van der Waals surface area (Å²) in [5.41, 5.74) is 1.76. The number of halogens is 1. The third-order valence-electron chi connectivity index (χ3n) is 7.63. The van der Waals surface area contributed by atoms with Gasteiger partial charge in [-0.15, -0.1) is 0 Å². The number of ether oxygens (including phenoxy) is 1. The van der Waals surface area contributed by atoms with Crippen molar-refractivity contribution in [2.75, 3.05) is 18.0 Å². The molecule has 3 aromatic rings. The van der Waals surface area contributed by atoms with E-state index in [9.17, 15) is 22.4 Å². The maximum atomic E-state index is 14.0. The molecule has 8 nitrogen and oxygen atoms in total. The van der Waals surface area contributed by atoms with Crippen molar-refractivity contribution in [2.45, 2.75) is 69.5 Å². The molecule has 0 unspecified atom stereocenters. The lowest BCUT2D eigenvalue weighted by molar-refractivity contribution is -0.139. The third-order valence-corrected chi connectivity index (χ3v) is 9.42. The molecule has 224 valence electrons. The van der Waals surface area contributed by atoms with Crippen molar-refractivity contribution in [3.05, 3.63) is 89.7 Å². The Kier molecular flexibility index (Phi) is 10.2. The molecule has 0 heterocycles. The Morgan fingerprint density at radius 3 is 2.17 bits per heavy atom. The summed E-state index contributed by atoms with van der Waals surface area (Å²) in [5.74, 6) is -0.756. The topological polar surface area (TPSA) is 96.0 Å². The Labute approximate surface area is 247 Å². The number of carbonyl (C=O) groups is 2. The summed E-state index contributed by atoms with van der Waals surface area (Å²) >= 11 is 0. The second-order valence-electron chi connectivity index (χ2n) is 10.7. The van der Waals surface area contributed by atoms with Crippen molar-refractivity contribution < 1.29 is 27.1 Å². The zero-order valence-corrected chi connectivity index (χ0v) is 25.1. The lowest BCUT2D eigenvalue weighted by Gasteiger charge is -2.33. The molecule has 3 aromatic carbocycles. The SMILES string of the molecule is COc1ccc(CN(C(=O)CN(c2ccc(F)cc2)S(=O)(=O)c2ccc(C)cc2)[C@@H](C)C(=O)NC2CCCCC2)cc1. The number of aryl methyl sites for hydroxylation is 1. The van der Waals surface area contributed by atoms with Crippen LogP contribution in [0.5, 0.6) is 5.75 Å². The second kappa shape index (κ2) is 13.8. The van der Waals surface area contributed by atoms with Gasteiger partial charge >= 0.3 is 0 Å². The van der Waals surface area contributed by atoms with Crippen LogP contribution in [0.15, 0.2) is 77.7 Å². The Morgan fingerprint density at radius 2 is 1.57 bits per heavy atom. The molecule has 0 aliphatic heterocycles. The lowest BCUT2D eigenvalue weighted by atomic mass is 9.95. The highest BCUT2D eigenvalue weighted by Crippen LogP contribution is 2.26. The Bertz CT molecular complexity index is 1460. The number of hydrogen-bond acceptors (Lipinski definition) is 5. The highest BCUT2D eigenvalue weighted by Gasteiger charge is 2.33. The first-order chi connectivity index (χ1) is 20.1. The van der Waals surface area contributed by atoms with E-state index in [-0.39, 0.29) is 29.1 Å². The molecule has 0 radical (unpaired) electrons. The van der Waals surface area contributed by atoms with Crippen LogP contribution in [0.4, 0.5) is 10.1 Å². The number of amides is 2.